The van der Waals surface area contributed by atoms with Crippen molar-refractivity contribution >= 4 is 58.7 Å². The maximum Gasteiger partial charge on any atom is 0.265 e. The Morgan fingerprint density at radius 2 is 1.65 bits per heavy atom. The highest BCUT2D eigenvalue weighted by Crippen LogP contribution is 2.41. The van der Waals surface area contributed by atoms with Crippen LogP contribution in [0, 0.1) is 9.28 Å². The van der Waals surface area contributed by atoms with Crippen molar-refractivity contribution < 1.29 is 40.1 Å². The molecule has 4 aromatic heterocycles. The maximum absolute atomic E-state index is 11.4. The molecule has 2 aliphatic heterocycles. The topological polar surface area (TPSA) is 274 Å². The van der Waals surface area contributed by atoms with Gasteiger partial charge in [-0.3, -0.25) is 13.7 Å². The number of aromatic nitrogens is 8. The molecule has 0 saturated carbocycles. The van der Waals surface area contributed by atoms with E-state index in [-0.39, 0.29) is 43.5 Å². The summed E-state index contributed by atoms with van der Waals surface area (Å²) in [6, 6.07) is 0. The van der Waals surface area contributed by atoms with E-state index in [0.717, 1.165) is 4.57 Å². The first-order valence-corrected chi connectivity index (χ1v) is 12.6. The molecule has 0 bridgehead atoms. The molecule has 0 aliphatic carbocycles. The van der Waals surface area contributed by atoms with Crippen molar-refractivity contribution in [2.75, 3.05) is 24.7 Å². The van der Waals surface area contributed by atoms with Gasteiger partial charge in [-0.2, -0.15) is 4.98 Å². The number of rotatable bonds is 5. The van der Waals surface area contributed by atoms with Crippen LogP contribution in [0.25, 0.3) is 22.3 Å². The molecule has 0 aromatic carbocycles. The third kappa shape index (κ3) is 3.56. The Balaban J connectivity index is 1.61. The summed E-state index contributed by atoms with van der Waals surface area (Å²) in [6.07, 6.45) is -7.33. The molecular weight excluding hydrogens is 572 g/mol. The molecule has 3 unspecified atom stereocenters. The quantitative estimate of drug-likeness (QED) is 0.103. The van der Waals surface area contributed by atoms with Crippen molar-refractivity contribution in [3.8, 4) is 0 Å². The van der Waals surface area contributed by atoms with Crippen LogP contribution < -0.4 is 11.5 Å². The standard InChI is InChI=1S/C20H24N10O8S2/c21-18-25-14-7(15(39)27-18)24-4-29(14)20(12(36)10(34)6(2-32)38-20)30-17(40)8-13(26-19(30)22)28(3-23-8)16-11(35)9(33)5(1-31)37-16/h3-6,9-12,16,31-36H,1-2H2,(H2,22,26)(H3,21,25,27,39)/t5-,6-,9?,10-,11?,12-,16-,20?/m1/s1. The largest absolute Gasteiger partial charge is 0.394 e. The second kappa shape index (κ2) is 9.44. The molecule has 11 N–H and O–H groups in total. The highest BCUT2D eigenvalue weighted by Gasteiger charge is 2.59. The number of anilines is 2. The number of aliphatic hydroxyl groups is 6. The van der Waals surface area contributed by atoms with Crippen molar-refractivity contribution in [3.63, 3.8) is 0 Å². The molecule has 40 heavy (non-hydrogen) atoms. The average Bonchev–Trinajstić information content (AvgIpc) is 3.66. The van der Waals surface area contributed by atoms with Gasteiger partial charge in [0.05, 0.1) is 19.5 Å². The third-order valence-corrected chi connectivity index (χ3v) is 7.77. The summed E-state index contributed by atoms with van der Waals surface area (Å²) >= 11 is 11.0. The number of nitrogen functional groups attached to an aromatic ring is 2. The van der Waals surface area contributed by atoms with Gasteiger partial charge < -0.3 is 56.6 Å². The number of nitrogens with zero attached hydrogens (tertiary/aromatic N) is 7. The van der Waals surface area contributed by atoms with Gasteiger partial charge in [0.1, 0.15) is 58.2 Å². The average molecular weight is 597 g/mol. The smallest absolute Gasteiger partial charge is 0.265 e. The number of nitrogens with two attached hydrogens (primary N) is 2. The predicted octanol–water partition coefficient (Wildman–Crippen LogP) is -3.19. The lowest BCUT2D eigenvalue weighted by atomic mass is 10.1. The minimum atomic E-state index is -2.19. The van der Waals surface area contributed by atoms with E-state index in [1.54, 1.807) is 0 Å². The number of fused-ring (bicyclic) bond motifs is 2. The molecule has 18 nitrogen and oxygen atoms in total. The van der Waals surface area contributed by atoms with E-state index >= 15 is 0 Å². The molecule has 0 amide bonds. The number of imidazole rings is 2. The zero-order valence-corrected chi connectivity index (χ0v) is 21.8. The SMILES string of the molecule is Nc1nc(=S)c2ncn(C3(n4c(N)nc5c(ncn5[C@@H]5O[C@H](CO)C(O)C5O)c4=S)O[C@H](CO)[C@@H](O)[C@H]3O)c2[nH]1. The van der Waals surface area contributed by atoms with Crippen LogP contribution in [0.15, 0.2) is 12.7 Å². The summed E-state index contributed by atoms with van der Waals surface area (Å²) in [5.41, 5.74) is 12.7. The number of nitrogens with one attached hydrogen (secondary N) is 1. The molecule has 2 aliphatic rings. The van der Waals surface area contributed by atoms with Crippen molar-refractivity contribution in [2.45, 2.75) is 48.7 Å². The Morgan fingerprint density at radius 3 is 2.30 bits per heavy atom. The highest BCUT2D eigenvalue weighted by atomic mass is 32.1. The molecule has 8 atom stereocenters. The molecule has 2 fully saturated rings. The molecule has 214 valence electrons. The fourth-order valence-corrected chi connectivity index (χ4v) is 5.81. The Labute approximate surface area is 232 Å². The third-order valence-electron chi connectivity index (χ3n) is 7.11. The number of aliphatic hydroxyl groups excluding tert-OH is 6. The summed E-state index contributed by atoms with van der Waals surface area (Å²) in [5, 5.41) is 62.4. The second-order valence-corrected chi connectivity index (χ2v) is 10.1. The Kier molecular flexibility index (Phi) is 6.38. The zero-order chi connectivity index (χ0) is 28.7. The van der Waals surface area contributed by atoms with Gasteiger partial charge in [-0.05, 0) is 0 Å². The van der Waals surface area contributed by atoms with E-state index < -0.39 is 61.9 Å². The lowest BCUT2D eigenvalue weighted by Crippen LogP contribution is -2.52. The number of aromatic amines is 1. The van der Waals surface area contributed by atoms with Crippen molar-refractivity contribution in [1.29, 1.82) is 0 Å². The minimum Gasteiger partial charge on any atom is -0.394 e. The lowest BCUT2D eigenvalue weighted by Gasteiger charge is -2.36. The normalized spacial score (nSPS) is 32.5. The first kappa shape index (κ1) is 27.0. The van der Waals surface area contributed by atoms with E-state index in [4.69, 9.17) is 45.4 Å². The lowest BCUT2D eigenvalue weighted by molar-refractivity contribution is -0.165. The Hall–Kier alpha value is -3.18. The fourth-order valence-electron chi connectivity index (χ4n) is 5.19. The van der Waals surface area contributed by atoms with Crippen LogP contribution in [0.1, 0.15) is 6.23 Å². The van der Waals surface area contributed by atoms with Crippen LogP contribution in [0.4, 0.5) is 11.9 Å². The maximum atomic E-state index is 11.4. The summed E-state index contributed by atoms with van der Waals surface area (Å²) in [5.74, 6) is -2.62. The second-order valence-electron chi connectivity index (χ2n) is 9.34. The molecule has 20 heteroatoms. The molecule has 4 aromatic rings. The van der Waals surface area contributed by atoms with Crippen LogP contribution in [-0.4, -0.2) is 119 Å². The van der Waals surface area contributed by atoms with Crippen molar-refractivity contribution in [2.24, 2.45) is 0 Å². The summed E-state index contributed by atoms with van der Waals surface area (Å²) < 4.78 is 15.2. The van der Waals surface area contributed by atoms with E-state index in [1.807, 2.05) is 0 Å². The van der Waals surface area contributed by atoms with Gasteiger partial charge in [-0.1, -0.05) is 24.4 Å². The van der Waals surface area contributed by atoms with E-state index in [0.29, 0.717) is 0 Å². The monoisotopic (exact) mass is 596 g/mol. The number of H-pyrrole nitrogens is 1. The molecule has 6 rings (SSSR count). The number of hydrogen-bond acceptors (Lipinski definition) is 16. The van der Waals surface area contributed by atoms with Crippen LogP contribution in [0.5, 0.6) is 0 Å². The van der Waals surface area contributed by atoms with E-state index in [1.165, 1.54) is 21.8 Å². The first-order valence-electron chi connectivity index (χ1n) is 11.8. The van der Waals surface area contributed by atoms with Gasteiger partial charge in [-0.15, -0.1) is 0 Å². The van der Waals surface area contributed by atoms with E-state index in [9.17, 15) is 30.6 Å². The van der Waals surface area contributed by atoms with Crippen LogP contribution in [0.2, 0.25) is 0 Å². The fraction of sp³-hybridized carbons (Fsp3) is 0.500. The number of hydrogen-bond donors (Lipinski definition) is 9. The molecule has 6 heterocycles. The summed E-state index contributed by atoms with van der Waals surface area (Å²) in [7, 11) is 0. The van der Waals surface area contributed by atoms with Gasteiger partial charge in [0.15, 0.2) is 28.6 Å². The van der Waals surface area contributed by atoms with Crippen molar-refractivity contribution in [1.82, 2.24) is 38.6 Å². The molecule has 0 spiro atoms. The van der Waals surface area contributed by atoms with Gasteiger partial charge >= 0.3 is 0 Å². The summed E-state index contributed by atoms with van der Waals surface area (Å²) in [6.45, 7) is -1.23. The molecule has 2 saturated heterocycles. The minimum absolute atomic E-state index is 0.0364. The predicted molar refractivity (Wildman–Crippen MR) is 138 cm³/mol. The van der Waals surface area contributed by atoms with Crippen LogP contribution in [-0.2, 0) is 15.3 Å². The van der Waals surface area contributed by atoms with Crippen molar-refractivity contribution in [3.05, 3.63) is 21.9 Å². The van der Waals surface area contributed by atoms with E-state index in [2.05, 4.69) is 24.9 Å². The highest BCUT2D eigenvalue weighted by molar-refractivity contribution is 7.71. The number of ether oxygens (including phenoxy) is 2. The molecule has 0 radical (unpaired) electrons. The molecular formula is C20H24N10O8S2. The van der Waals surface area contributed by atoms with Gasteiger partial charge in [0, 0.05) is 0 Å². The zero-order valence-electron chi connectivity index (χ0n) is 20.2. The first-order chi connectivity index (χ1) is 19.0. The Morgan fingerprint density at radius 1 is 0.950 bits per heavy atom. The van der Waals surface area contributed by atoms with Gasteiger partial charge in [0.2, 0.25) is 5.95 Å². The summed E-state index contributed by atoms with van der Waals surface area (Å²) in [4.78, 5) is 19.7. The Bertz CT molecular complexity index is 1740. The van der Waals surface area contributed by atoms with Crippen LogP contribution >= 0.6 is 24.4 Å². The van der Waals surface area contributed by atoms with Gasteiger partial charge in [0.25, 0.3) is 5.85 Å². The van der Waals surface area contributed by atoms with Gasteiger partial charge in [-0.25, -0.2) is 15.0 Å². The van der Waals surface area contributed by atoms with Crippen LogP contribution in [0.3, 0.4) is 0 Å².